The lowest BCUT2D eigenvalue weighted by Gasteiger charge is -2.21. The first-order chi connectivity index (χ1) is 16.4. The number of hydrogen-bond acceptors (Lipinski definition) is 5. The van der Waals surface area contributed by atoms with Gasteiger partial charge in [-0.05, 0) is 65.7 Å². The van der Waals surface area contributed by atoms with Crippen LogP contribution in [0.5, 0.6) is 0 Å². The number of ether oxygens (including phenoxy) is 1. The van der Waals surface area contributed by atoms with Gasteiger partial charge in [0.25, 0.3) is 0 Å². The molecule has 3 atom stereocenters. The molecular formula is C29H50O6. The first-order valence-electron chi connectivity index (χ1n) is 13.8. The lowest BCUT2D eigenvalue weighted by Crippen LogP contribution is -2.23. The lowest BCUT2D eigenvalue weighted by molar-refractivity contribution is -0.155. The fraction of sp³-hybridized carbons (Fsp3) is 0.828. The summed E-state index contributed by atoms with van der Waals surface area (Å²) in [4.78, 5) is 34.6. The number of carboxylic acids is 1. The van der Waals surface area contributed by atoms with E-state index in [0.29, 0.717) is 31.5 Å². The molecule has 35 heavy (non-hydrogen) atoms. The smallest absolute Gasteiger partial charge is 0.306 e. The molecule has 0 amide bonds. The van der Waals surface area contributed by atoms with Crippen molar-refractivity contribution < 1.29 is 29.3 Å². The number of rotatable bonds is 18. The Labute approximate surface area is 212 Å². The molecule has 202 valence electrons. The molecule has 6 heteroatoms. The van der Waals surface area contributed by atoms with Crippen molar-refractivity contribution in [3.05, 3.63) is 12.2 Å². The molecule has 0 aliphatic heterocycles. The molecule has 0 heterocycles. The summed E-state index contributed by atoms with van der Waals surface area (Å²) >= 11 is 0. The molecule has 6 nitrogen and oxygen atoms in total. The minimum absolute atomic E-state index is 0.0437. The summed E-state index contributed by atoms with van der Waals surface area (Å²) in [6.45, 7) is 7.50. The summed E-state index contributed by atoms with van der Waals surface area (Å²) in [7, 11) is 0. The standard InChI is InChI=1S/C29H50O6/c1-28(2,3)35-27(33)17-13-7-5-6-10-14-21-29(4,34)22-20-23-18-19-25(30)24(23)15-11-8-9-12-16-26(31)32/h20,22-24,34H,5-19,21H2,1-4H3,(H,31,32). The van der Waals surface area contributed by atoms with E-state index in [0.717, 1.165) is 70.6 Å². The van der Waals surface area contributed by atoms with Crippen molar-refractivity contribution in [2.24, 2.45) is 11.8 Å². The lowest BCUT2D eigenvalue weighted by atomic mass is 9.87. The van der Waals surface area contributed by atoms with Crippen molar-refractivity contribution in [2.75, 3.05) is 0 Å². The van der Waals surface area contributed by atoms with E-state index in [4.69, 9.17) is 9.84 Å². The average molecular weight is 495 g/mol. The number of ketones is 1. The van der Waals surface area contributed by atoms with Crippen LogP contribution in [0.1, 0.15) is 130 Å². The van der Waals surface area contributed by atoms with Gasteiger partial charge in [0.1, 0.15) is 11.4 Å². The quantitative estimate of drug-likeness (QED) is 0.124. The van der Waals surface area contributed by atoms with E-state index in [1.807, 2.05) is 33.8 Å². The number of carbonyl (C=O) groups is 3. The van der Waals surface area contributed by atoms with Gasteiger partial charge in [-0.3, -0.25) is 14.4 Å². The second-order valence-corrected chi connectivity index (χ2v) is 11.5. The zero-order chi connectivity index (χ0) is 26.3. The van der Waals surface area contributed by atoms with Crippen LogP contribution in [0.25, 0.3) is 0 Å². The Hall–Kier alpha value is -1.69. The van der Waals surface area contributed by atoms with Crippen molar-refractivity contribution in [3.8, 4) is 0 Å². The number of unbranched alkanes of at least 4 members (excludes halogenated alkanes) is 8. The van der Waals surface area contributed by atoms with E-state index in [1.165, 1.54) is 0 Å². The molecule has 0 aromatic rings. The van der Waals surface area contributed by atoms with E-state index in [2.05, 4.69) is 6.08 Å². The minimum Gasteiger partial charge on any atom is -0.481 e. The highest BCUT2D eigenvalue weighted by Crippen LogP contribution is 2.34. The zero-order valence-electron chi connectivity index (χ0n) is 22.7. The fourth-order valence-corrected chi connectivity index (χ4v) is 4.80. The second kappa shape index (κ2) is 16.1. The predicted molar refractivity (Wildman–Crippen MR) is 139 cm³/mol. The number of hydrogen-bond donors (Lipinski definition) is 2. The van der Waals surface area contributed by atoms with Gasteiger partial charge in [0.2, 0.25) is 0 Å². The van der Waals surface area contributed by atoms with E-state index in [1.54, 1.807) is 0 Å². The van der Waals surface area contributed by atoms with Gasteiger partial charge in [0.05, 0.1) is 5.60 Å². The summed E-state index contributed by atoms with van der Waals surface area (Å²) < 4.78 is 5.32. The first-order valence-corrected chi connectivity index (χ1v) is 13.8. The van der Waals surface area contributed by atoms with Crippen molar-refractivity contribution in [3.63, 3.8) is 0 Å². The van der Waals surface area contributed by atoms with Gasteiger partial charge in [0, 0.05) is 25.2 Å². The highest BCUT2D eigenvalue weighted by Gasteiger charge is 2.32. The van der Waals surface area contributed by atoms with Crippen LogP contribution in [0.15, 0.2) is 12.2 Å². The van der Waals surface area contributed by atoms with Crippen LogP contribution < -0.4 is 0 Å². The van der Waals surface area contributed by atoms with Crippen LogP contribution in [0.4, 0.5) is 0 Å². The molecular weight excluding hydrogens is 444 g/mol. The largest absolute Gasteiger partial charge is 0.481 e. The van der Waals surface area contributed by atoms with Crippen LogP contribution in [-0.2, 0) is 19.1 Å². The Morgan fingerprint density at radius 1 is 0.914 bits per heavy atom. The van der Waals surface area contributed by atoms with Gasteiger partial charge >= 0.3 is 11.9 Å². The topological polar surface area (TPSA) is 101 Å². The molecule has 3 unspecified atom stereocenters. The van der Waals surface area contributed by atoms with Gasteiger partial charge in [-0.25, -0.2) is 0 Å². The van der Waals surface area contributed by atoms with Gasteiger partial charge in [-0.2, -0.15) is 0 Å². The maximum atomic E-state index is 12.3. The second-order valence-electron chi connectivity index (χ2n) is 11.5. The number of aliphatic carboxylic acids is 1. The molecule has 2 N–H and O–H groups in total. The van der Waals surface area contributed by atoms with Crippen LogP contribution in [0, 0.1) is 11.8 Å². The number of aliphatic hydroxyl groups is 1. The number of carboxylic acid groups (broad SMARTS) is 1. The van der Waals surface area contributed by atoms with E-state index in [9.17, 15) is 19.5 Å². The van der Waals surface area contributed by atoms with Crippen molar-refractivity contribution in [1.82, 2.24) is 0 Å². The van der Waals surface area contributed by atoms with E-state index in [-0.39, 0.29) is 24.2 Å². The molecule has 1 rings (SSSR count). The third-order valence-electron chi connectivity index (χ3n) is 6.75. The van der Waals surface area contributed by atoms with Gasteiger partial charge in [-0.1, -0.05) is 63.5 Å². The monoisotopic (exact) mass is 494 g/mol. The van der Waals surface area contributed by atoms with E-state index >= 15 is 0 Å². The van der Waals surface area contributed by atoms with Crippen LogP contribution >= 0.6 is 0 Å². The molecule has 0 spiro atoms. The summed E-state index contributed by atoms with van der Waals surface area (Å²) in [5, 5.41) is 19.5. The number of Topliss-reactive ketones (excluding diaryl/α,β-unsaturated/α-hetero) is 1. The third-order valence-corrected chi connectivity index (χ3v) is 6.75. The third kappa shape index (κ3) is 15.8. The molecule has 0 saturated heterocycles. The molecule has 1 aliphatic rings. The Bertz CT molecular complexity index is 673. The Balaban J connectivity index is 2.21. The zero-order valence-corrected chi connectivity index (χ0v) is 22.7. The highest BCUT2D eigenvalue weighted by atomic mass is 16.6. The Morgan fingerprint density at radius 3 is 2.11 bits per heavy atom. The Morgan fingerprint density at radius 2 is 1.49 bits per heavy atom. The number of esters is 1. The summed E-state index contributed by atoms with van der Waals surface area (Å²) in [6, 6.07) is 0. The minimum atomic E-state index is -0.857. The molecule has 0 radical (unpaired) electrons. The van der Waals surface area contributed by atoms with Gasteiger partial charge in [0.15, 0.2) is 0 Å². The average Bonchev–Trinajstić information content (AvgIpc) is 3.09. The number of carbonyl (C=O) groups excluding carboxylic acids is 2. The fourth-order valence-electron chi connectivity index (χ4n) is 4.80. The van der Waals surface area contributed by atoms with Gasteiger partial charge in [-0.15, -0.1) is 0 Å². The SMILES string of the molecule is CC(O)(C=CC1CCC(=O)C1CCCCCCC(=O)O)CCCCCCCCC(=O)OC(C)(C)C. The van der Waals surface area contributed by atoms with Gasteiger partial charge < -0.3 is 14.9 Å². The molecule has 0 aromatic heterocycles. The maximum absolute atomic E-state index is 12.3. The summed E-state index contributed by atoms with van der Waals surface area (Å²) in [5.41, 5.74) is -1.27. The molecule has 1 aliphatic carbocycles. The maximum Gasteiger partial charge on any atom is 0.306 e. The molecule has 0 bridgehead atoms. The van der Waals surface area contributed by atoms with E-state index < -0.39 is 17.2 Å². The molecule has 1 saturated carbocycles. The van der Waals surface area contributed by atoms with Crippen molar-refractivity contribution in [1.29, 1.82) is 0 Å². The highest BCUT2D eigenvalue weighted by molar-refractivity contribution is 5.83. The van der Waals surface area contributed by atoms with Crippen LogP contribution in [-0.4, -0.2) is 39.1 Å². The van der Waals surface area contributed by atoms with Crippen LogP contribution in [0.2, 0.25) is 0 Å². The number of allylic oxidation sites excluding steroid dienone is 1. The Kier molecular flexibility index (Phi) is 14.4. The van der Waals surface area contributed by atoms with Crippen LogP contribution in [0.3, 0.4) is 0 Å². The summed E-state index contributed by atoms with van der Waals surface area (Å²) in [6.07, 6.45) is 17.3. The first kappa shape index (κ1) is 31.3. The summed E-state index contributed by atoms with van der Waals surface area (Å²) in [5.74, 6) is -0.289. The normalized spacial score (nSPS) is 20.3. The predicted octanol–water partition coefficient (Wildman–Crippen LogP) is 6.78. The molecule has 1 fully saturated rings. The molecule has 0 aromatic carbocycles. The van der Waals surface area contributed by atoms with Crippen molar-refractivity contribution in [2.45, 2.75) is 142 Å². The van der Waals surface area contributed by atoms with Crippen molar-refractivity contribution >= 4 is 17.7 Å².